The van der Waals surface area contributed by atoms with E-state index in [0.29, 0.717) is 18.9 Å². The lowest BCUT2D eigenvalue weighted by Gasteiger charge is -2.31. The van der Waals surface area contributed by atoms with Crippen LogP contribution in [0.15, 0.2) is 16.9 Å². The summed E-state index contributed by atoms with van der Waals surface area (Å²) in [4.78, 5) is 18.4. The smallest absolute Gasteiger partial charge is 0.316 e. The number of carbonyl (C=O) groups is 1. The highest BCUT2D eigenvalue weighted by atomic mass is 79.9. The Morgan fingerprint density at radius 1 is 1.47 bits per heavy atom. The third-order valence-corrected chi connectivity index (χ3v) is 2.72. The molecule has 15 heavy (non-hydrogen) atoms. The Balaban J connectivity index is 1.85. The lowest BCUT2D eigenvalue weighted by atomic mass is 9.82. The van der Waals surface area contributed by atoms with Crippen LogP contribution in [0.2, 0.25) is 0 Å². The molecule has 1 saturated carbocycles. The largest absolute Gasteiger partial charge is 0.481 e. The molecule has 0 atom stereocenters. The molecule has 6 heteroatoms. The van der Waals surface area contributed by atoms with Gasteiger partial charge in [0.2, 0.25) is 0 Å². The zero-order valence-corrected chi connectivity index (χ0v) is 9.35. The first-order valence-corrected chi connectivity index (χ1v) is 5.31. The summed E-state index contributed by atoms with van der Waals surface area (Å²) in [5.74, 6) is -1.03. The minimum absolute atomic E-state index is 0.0627. The average molecular weight is 273 g/mol. The standard InChI is InChI=1S/C9H9BrN2O3/c10-6-3-11-9(12-4-6)15-7-1-5(2-7)8(13)14/h3-5,7H,1-2H2,(H,13,14). The van der Waals surface area contributed by atoms with Crippen LogP contribution >= 0.6 is 15.9 Å². The average Bonchev–Trinajstić information content (AvgIpc) is 2.13. The third kappa shape index (κ3) is 2.44. The Bertz CT molecular complexity index is 362. The number of aromatic nitrogens is 2. The fourth-order valence-electron chi connectivity index (χ4n) is 1.37. The van der Waals surface area contributed by atoms with Crippen LogP contribution in [0.5, 0.6) is 6.01 Å². The summed E-state index contributed by atoms with van der Waals surface area (Å²) in [6.07, 6.45) is 4.20. The van der Waals surface area contributed by atoms with Gasteiger partial charge in [-0.3, -0.25) is 4.79 Å². The van der Waals surface area contributed by atoms with Crippen molar-refractivity contribution in [1.82, 2.24) is 9.97 Å². The molecule has 0 radical (unpaired) electrons. The van der Waals surface area contributed by atoms with Crippen molar-refractivity contribution >= 4 is 21.9 Å². The Kier molecular flexibility index (Phi) is 2.86. The SMILES string of the molecule is O=C(O)C1CC(Oc2ncc(Br)cn2)C1. The third-order valence-electron chi connectivity index (χ3n) is 2.31. The molecule has 0 spiro atoms. The van der Waals surface area contributed by atoms with Gasteiger partial charge in [-0.25, -0.2) is 9.97 Å². The molecule has 0 aromatic carbocycles. The Hall–Kier alpha value is -1.17. The van der Waals surface area contributed by atoms with E-state index < -0.39 is 5.97 Å². The monoisotopic (exact) mass is 272 g/mol. The van der Waals surface area contributed by atoms with Crippen molar-refractivity contribution in [2.45, 2.75) is 18.9 Å². The first-order valence-electron chi connectivity index (χ1n) is 4.52. The second kappa shape index (κ2) is 4.14. The Labute approximate surface area is 94.6 Å². The number of aliphatic carboxylic acids is 1. The van der Waals surface area contributed by atoms with Crippen molar-refractivity contribution in [1.29, 1.82) is 0 Å². The van der Waals surface area contributed by atoms with Gasteiger partial charge in [-0.2, -0.15) is 0 Å². The highest BCUT2D eigenvalue weighted by Gasteiger charge is 2.36. The van der Waals surface area contributed by atoms with Crippen molar-refractivity contribution in [2.75, 3.05) is 0 Å². The van der Waals surface area contributed by atoms with E-state index >= 15 is 0 Å². The normalized spacial score (nSPS) is 24.3. The second-order valence-electron chi connectivity index (χ2n) is 3.43. The zero-order chi connectivity index (χ0) is 10.8. The number of halogens is 1. The van der Waals surface area contributed by atoms with Crippen LogP contribution in [0, 0.1) is 5.92 Å². The van der Waals surface area contributed by atoms with E-state index in [1.54, 1.807) is 12.4 Å². The predicted molar refractivity (Wildman–Crippen MR) is 54.5 cm³/mol. The second-order valence-corrected chi connectivity index (χ2v) is 4.35. The van der Waals surface area contributed by atoms with E-state index in [9.17, 15) is 4.79 Å². The highest BCUT2D eigenvalue weighted by Crippen LogP contribution is 2.30. The van der Waals surface area contributed by atoms with Gasteiger partial charge in [-0.1, -0.05) is 0 Å². The van der Waals surface area contributed by atoms with E-state index in [0.717, 1.165) is 4.47 Å². The van der Waals surface area contributed by atoms with Crippen LogP contribution in [-0.2, 0) is 4.79 Å². The van der Waals surface area contributed by atoms with Gasteiger partial charge in [0.05, 0.1) is 10.4 Å². The number of ether oxygens (including phenoxy) is 1. The molecule has 0 aliphatic heterocycles. The van der Waals surface area contributed by atoms with Crippen LogP contribution in [0.3, 0.4) is 0 Å². The number of rotatable bonds is 3. The molecule has 1 heterocycles. The molecule has 1 aliphatic carbocycles. The van der Waals surface area contributed by atoms with Gasteiger partial charge >= 0.3 is 12.0 Å². The van der Waals surface area contributed by atoms with E-state index in [2.05, 4.69) is 25.9 Å². The molecule has 2 rings (SSSR count). The maximum absolute atomic E-state index is 10.5. The van der Waals surface area contributed by atoms with Crippen LogP contribution in [0.25, 0.3) is 0 Å². The molecular weight excluding hydrogens is 264 g/mol. The first kappa shape index (κ1) is 10.4. The lowest BCUT2D eigenvalue weighted by molar-refractivity contribution is -0.148. The predicted octanol–water partition coefficient (Wildman–Crippen LogP) is 1.48. The zero-order valence-electron chi connectivity index (χ0n) is 7.76. The topological polar surface area (TPSA) is 72.3 Å². The number of nitrogens with zero attached hydrogens (tertiary/aromatic N) is 2. The Morgan fingerprint density at radius 2 is 2.07 bits per heavy atom. The summed E-state index contributed by atoms with van der Waals surface area (Å²) in [5.41, 5.74) is 0. The molecule has 1 aromatic rings. The van der Waals surface area contributed by atoms with E-state index in [1.165, 1.54) is 0 Å². The maximum Gasteiger partial charge on any atom is 0.316 e. The fraction of sp³-hybridized carbons (Fsp3) is 0.444. The molecule has 0 amide bonds. The fourth-order valence-corrected chi connectivity index (χ4v) is 1.58. The molecule has 80 valence electrons. The van der Waals surface area contributed by atoms with Gasteiger partial charge in [0.1, 0.15) is 6.10 Å². The summed E-state index contributed by atoms with van der Waals surface area (Å²) in [6, 6.07) is 0.298. The first-order chi connectivity index (χ1) is 7.15. The molecule has 1 aromatic heterocycles. The lowest BCUT2D eigenvalue weighted by Crippen LogP contribution is -2.38. The van der Waals surface area contributed by atoms with E-state index in [1.807, 2.05) is 0 Å². The van der Waals surface area contributed by atoms with Crippen LogP contribution < -0.4 is 4.74 Å². The molecule has 1 aliphatic rings. The summed E-state index contributed by atoms with van der Waals surface area (Å²) in [6.45, 7) is 0. The van der Waals surface area contributed by atoms with Crippen molar-refractivity contribution in [3.05, 3.63) is 16.9 Å². The minimum atomic E-state index is -0.758. The summed E-state index contributed by atoms with van der Waals surface area (Å²) < 4.78 is 6.16. The highest BCUT2D eigenvalue weighted by molar-refractivity contribution is 9.10. The summed E-state index contributed by atoms with van der Waals surface area (Å²) in [7, 11) is 0. The van der Waals surface area contributed by atoms with Crippen LogP contribution in [0.4, 0.5) is 0 Å². The molecule has 0 bridgehead atoms. The summed E-state index contributed by atoms with van der Waals surface area (Å²) >= 11 is 3.21. The number of carboxylic acid groups (broad SMARTS) is 1. The Morgan fingerprint density at radius 3 is 2.60 bits per heavy atom. The number of hydrogen-bond acceptors (Lipinski definition) is 4. The van der Waals surface area contributed by atoms with Gasteiger partial charge in [0.25, 0.3) is 0 Å². The van der Waals surface area contributed by atoms with Crippen molar-refractivity contribution < 1.29 is 14.6 Å². The van der Waals surface area contributed by atoms with Crippen molar-refractivity contribution in [3.63, 3.8) is 0 Å². The van der Waals surface area contributed by atoms with Crippen molar-refractivity contribution in [2.24, 2.45) is 5.92 Å². The van der Waals surface area contributed by atoms with E-state index in [4.69, 9.17) is 9.84 Å². The molecule has 0 unspecified atom stereocenters. The molecular formula is C9H9BrN2O3. The molecule has 1 fully saturated rings. The van der Waals surface area contributed by atoms with Gasteiger partial charge in [-0.05, 0) is 28.8 Å². The van der Waals surface area contributed by atoms with Gasteiger partial charge in [-0.15, -0.1) is 0 Å². The maximum atomic E-state index is 10.5. The number of hydrogen-bond donors (Lipinski definition) is 1. The number of carboxylic acids is 1. The minimum Gasteiger partial charge on any atom is -0.481 e. The van der Waals surface area contributed by atoms with Crippen LogP contribution in [0.1, 0.15) is 12.8 Å². The molecule has 0 saturated heterocycles. The van der Waals surface area contributed by atoms with Crippen LogP contribution in [-0.4, -0.2) is 27.1 Å². The van der Waals surface area contributed by atoms with E-state index in [-0.39, 0.29) is 12.0 Å². The quantitative estimate of drug-likeness (QED) is 0.903. The van der Waals surface area contributed by atoms with Gasteiger partial charge in [0, 0.05) is 12.4 Å². The van der Waals surface area contributed by atoms with Gasteiger partial charge < -0.3 is 9.84 Å². The summed E-state index contributed by atoms with van der Waals surface area (Å²) in [5, 5.41) is 8.66. The van der Waals surface area contributed by atoms with Crippen molar-refractivity contribution in [3.8, 4) is 6.01 Å². The molecule has 5 nitrogen and oxygen atoms in total. The van der Waals surface area contributed by atoms with Gasteiger partial charge in [0.15, 0.2) is 0 Å². The molecule has 1 N–H and O–H groups in total.